The maximum atomic E-state index is 10.7. The van der Waals surface area contributed by atoms with Gasteiger partial charge in [0.05, 0.1) is 4.92 Å². The van der Waals surface area contributed by atoms with Crippen LogP contribution in [0.15, 0.2) is 22.7 Å². The third-order valence-corrected chi connectivity index (χ3v) is 2.39. The smallest absolute Gasteiger partial charge is 0.258 e. The van der Waals surface area contributed by atoms with Crippen molar-refractivity contribution in [2.45, 2.75) is 6.92 Å². The summed E-state index contributed by atoms with van der Waals surface area (Å²) in [5.74, 6) is 0.693. The van der Waals surface area contributed by atoms with Crippen molar-refractivity contribution in [1.29, 1.82) is 0 Å². The molecule has 0 fully saturated rings. The SMILES string of the molecule is Cc1nnc(-c2cc(Br)cc([N+](=O)[O-])c2)nn1. The van der Waals surface area contributed by atoms with E-state index in [-0.39, 0.29) is 11.5 Å². The molecule has 0 aliphatic heterocycles. The van der Waals surface area contributed by atoms with Crippen LogP contribution in [0.5, 0.6) is 0 Å². The summed E-state index contributed by atoms with van der Waals surface area (Å²) in [4.78, 5) is 10.2. The standard InChI is InChI=1S/C9H6BrN5O2/c1-5-11-13-9(14-12-5)6-2-7(10)4-8(3-6)15(16)17/h2-4H,1H3. The van der Waals surface area contributed by atoms with Gasteiger partial charge in [0.2, 0.25) is 5.82 Å². The molecule has 86 valence electrons. The van der Waals surface area contributed by atoms with Crippen molar-refractivity contribution < 1.29 is 4.92 Å². The van der Waals surface area contributed by atoms with Gasteiger partial charge in [0.25, 0.3) is 5.69 Å². The highest BCUT2D eigenvalue weighted by atomic mass is 79.9. The average Bonchev–Trinajstić information content (AvgIpc) is 2.29. The van der Waals surface area contributed by atoms with Crippen LogP contribution in [0.25, 0.3) is 11.4 Å². The Labute approximate surface area is 104 Å². The van der Waals surface area contributed by atoms with Crippen LogP contribution in [0, 0.1) is 17.0 Å². The van der Waals surface area contributed by atoms with E-state index in [1.165, 1.54) is 12.1 Å². The van der Waals surface area contributed by atoms with Gasteiger partial charge in [-0.05, 0) is 13.0 Å². The van der Waals surface area contributed by atoms with Crippen LogP contribution in [-0.4, -0.2) is 25.3 Å². The van der Waals surface area contributed by atoms with E-state index in [9.17, 15) is 10.1 Å². The van der Waals surface area contributed by atoms with Crippen molar-refractivity contribution in [2.75, 3.05) is 0 Å². The summed E-state index contributed by atoms with van der Waals surface area (Å²) in [7, 11) is 0. The van der Waals surface area contributed by atoms with Crippen molar-refractivity contribution in [3.8, 4) is 11.4 Å². The molecule has 1 aromatic heterocycles. The minimum atomic E-state index is -0.483. The summed E-state index contributed by atoms with van der Waals surface area (Å²) >= 11 is 3.19. The number of rotatable bonds is 2. The monoisotopic (exact) mass is 295 g/mol. The number of nitro groups is 1. The number of aryl methyl sites for hydroxylation is 1. The molecule has 8 heteroatoms. The molecule has 0 saturated carbocycles. The number of hydrogen-bond donors (Lipinski definition) is 0. The van der Waals surface area contributed by atoms with Gasteiger partial charge in [0, 0.05) is 22.2 Å². The molecule has 0 N–H and O–H groups in total. The van der Waals surface area contributed by atoms with Gasteiger partial charge in [-0.2, -0.15) is 0 Å². The third kappa shape index (κ3) is 2.59. The molecular formula is C9H6BrN5O2. The Morgan fingerprint density at radius 1 is 1.18 bits per heavy atom. The van der Waals surface area contributed by atoms with Gasteiger partial charge in [-0.3, -0.25) is 10.1 Å². The lowest BCUT2D eigenvalue weighted by atomic mass is 10.2. The van der Waals surface area contributed by atoms with E-state index < -0.39 is 4.92 Å². The Balaban J connectivity index is 2.51. The highest BCUT2D eigenvalue weighted by Gasteiger charge is 2.12. The highest BCUT2D eigenvalue weighted by Crippen LogP contribution is 2.25. The third-order valence-electron chi connectivity index (χ3n) is 1.93. The topological polar surface area (TPSA) is 94.7 Å². The fraction of sp³-hybridized carbons (Fsp3) is 0.111. The normalized spacial score (nSPS) is 10.2. The quantitative estimate of drug-likeness (QED) is 0.620. The molecule has 7 nitrogen and oxygen atoms in total. The van der Waals surface area contributed by atoms with Crippen LogP contribution in [0.3, 0.4) is 0 Å². The lowest BCUT2D eigenvalue weighted by Crippen LogP contribution is -1.99. The Morgan fingerprint density at radius 2 is 1.82 bits per heavy atom. The zero-order chi connectivity index (χ0) is 12.4. The largest absolute Gasteiger partial charge is 0.271 e. The van der Waals surface area contributed by atoms with Crippen LogP contribution in [0.4, 0.5) is 5.69 Å². The second kappa shape index (κ2) is 4.50. The van der Waals surface area contributed by atoms with Crippen molar-refractivity contribution in [3.05, 3.63) is 38.6 Å². The summed E-state index contributed by atoms with van der Waals surface area (Å²) in [6.07, 6.45) is 0. The molecule has 0 atom stereocenters. The molecule has 0 spiro atoms. The van der Waals surface area contributed by atoms with Gasteiger partial charge in [-0.15, -0.1) is 20.4 Å². The van der Waals surface area contributed by atoms with Gasteiger partial charge in [0.1, 0.15) is 0 Å². The summed E-state index contributed by atoms with van der Waals surface area (Å²) in [6.45, 7) is 1.66. The van der Waals surface area contributed by atoms with Crippen LogP contribution >= 0.6 is 15.9 Å². The maximum absolute atomic E-state index is 10.7. The Bertz CT molecular complexity index is 572. The molecule has 1 heterocycles. The number of nitrogens with zero attached hydrogens (tertiary/aromatic N) is 5. The zero-order valence-corrected chi connectivity index (χ0v) is 10.2. The molecule has 17 heavy (non-hydrogen) atoms. The first kappa shape index (κ1) is 11.5. The Kier molecular flexibility index (Phi) is 3.05. The van der Waals surface area contributed by atoms with Gasteiger partial charge < -0.3 is 0 Å². The van der Waals surface area contributed by atoms with Crippen molar-refractivity contribution in [2.24, 2.45) is 0 Å². The molecule has 0 bridgehead atoms. The van der Waals surface area contributed by atoms with Crippen molar-refractivity contribution >= 4 is 21.6 Å². The summed E-state index contributed by atoms with van der Waals surface area (Å²) in [6, 6.07) is 4.44. The van der Waals surface area contributed by atoms with E-state index in [0.29, 0.717) is 15.9 Å². The van der Waals surface area contributed by atoms with Gasteiger partial charge in [-0.1, -0.05) is 15.9 Å². The highest BCUT2D eigenvalue weighted by molar-refractivity contribution is 9.10. The van der Waals surface area contributed by atoms with E-state index in [0.717, 1.165) is 0 Å². The number of non-ortho nitro benzene ring substituents is 1. The van der Waals surface area contributed by atoms with Gasteiger partial charge in [0.15, 0.2) is 5.82 Å². The van der Waals surface area contributed by atoms with Gasteiger partial charge >= 0.3 is 0 Å². The van der Waals surface area contributed by atoms with Crippen LogP contribution in [0.1, 0.15) is 5.82 Å². The summed E-state index contributed by atoms with van der Waals surface area (Å²) in [5.41, 5.74) is 0.449. The number of benzene rings is 1. The second-order valence-electron chi connectivity index (χ2n) is 3.23. The molecule has 0 aliphatic rings. The molecule has 0 radical (unpaired) electrons. The van der Waals surface area contributed by atoms with Crippen molar-refractivity contribution in [3.63, 3.8) is 0 Å². The average molecular weight is 296 g/mol. The summed E-state index contributed by atoms with van der Waals surface area (Å²) in [5, 5.41) is 25.9. The predicted molar refractivity (Wildman–Crippen MR) is 62.1 cm³/mol. The minimum Gasteiger partial charge on any atom is -0.258 e. The van der Waals surface area contributed by atoms with E-state index in [1.54, 1.807) is 13.0 Å². The van der Waals surface area contributed by atoms with E-state index in [2.05, 4.69) is 36.3 Å². The Hall–Kier alpha value is -1.96. The number of halogens is 1. The molecule has 0 aliphatic carbocycles. The molecule has 0 amide bonds. The fourth-order valence-electron chi connectivity index (χ4n) is 1.20. The molecular weight excluding hydrogens is 290 g/mol. The van der Waals surface area contributed by atoms with Crippen LogP contribution in [0.2, 0.25) is 0 Å². The molecule has 2 rings (SSSR count). The lowest BCUT2D eigenvalue weighted by Gasteiger charge is -2.00. The fourth-order valence-corrected chi connectivity index (χ4v) is 1.68. The van der Waals surface area contributed by atoms with E-state index in [4.69, 9.17) is 0 Å². The van der Waals surface area contributed by atoms with Crippen molar-refractivity contribution in [1.82, 2.24) is 20.4 Å². The van der Waals surface area contributed by atoms with E-state index in [1.807, 2.05) is 0 Å². The molecule has 0 unspecified atom stereocenters. The maximum Gasteiger partial charge on any atom is 0.271 e. The zero-order valence-electron chi connectivity index (χ0n) is 8.66. The first-order valence-electron chi connectivity index (χ1n) is 4.55. The first-order valence-corrected chi connectivity index (χ1v) is 5.35. The second-order valence-corrected chi connectivity index (χ2v) is 4.14. The first-order chi connectivity index (χ1) is 8.06. The number of hydrogen-bond acceptors (Lipinski definition) is 6. The van der Waals surface area contributed by atoms with E-state index >= 15 is 0 Å². The van der Waals surface area contributed by atoms with Crippen LogP contribution < -0.4 is 0 Å². The minimum absolute atomic E-state index is 0.0430. The molecule has 2 aromatic rings. The number of nitro benzene ring substituents is 1. The predicted octanol–water partition coefficient (Wildman–Crippen LogP) is 1.91. The molecule has 1 aromatic carbocycles. The molecule has 0 saturated heterocycles. The van der Waals surface area contributed by atoms with Crippen LogP contribution in [-0.2, 0) is 0 Å². The number of aromatic nitrogens is 4. The Morgan fingerprint density at radius 3 is 2.41 bits per heavy atom. The lowest BCUT2D eigenvalue weighted by molar-refractivity contribution is -0.384. The van der Waals surface area contributed by atoms with Gasteiger partial charge in [-0.25, -0.2) is 0 Å². The summed E-state index contributed by atoms with van der Waals surface area (Å²) < 4.78 is 0.575.